The maximum Gasteiger partial charge on any atom is 0.315 e. The molecule has 1 heterocycles. The van der Waals surface area contributed by atoms with Crippen LogP contribution < -0.4 is 9.61 Å². The summed E-state index contributed by atoms with van der Waals surface area (Å²) >= 11 is 1.06. The molecule has 0 aliphatic heterocycles. The highest BCUT2D eigenvalue weighted by atomic mass is 32.1. The van der Waals surface area contributed by atoms with Gasteiger partial charge in [0, 0.05) is 0 Å². The van der Waals surface area contributed by atoms with Gasteiger partial charge in [0.15, 0.2) is 6.61 Å². The lowest BCUT2D eigenvalue weighted by Gasteiger charge is -2.07. The Morgan fingerprint density at radius 3 is 2.58 bits per heavy atom. The van der Waals surface area contributed by atoms with Crippen molar-refractivity contribution in [1.29, 1.82) is 0 Å². The molecule has 0 aliphatic rings. The van der Waals surface area contributed by atoms with Crippen LogP contribution in [0.25, 0.3) is 21.0 Å². The largest absolute Gasteiger partial charge is 0.484 e. The fourth-order valence-electron chi connectivity index (χ4n) is 2.67. The molecule has 0 saturated carbocycles. The van der Waals surface area contributed by atoms with Crippen molar-refractivity contribution in [2.75, 3.05) is 6.61 Å². The third kappa shape index (κ3) is 2.59. The minimum Gasteiger partial charge on any atom is -0.484 e. The number of hydrogen-bond donors (Lipinski definition) is 0. The van der Waals surface area contributed by atoms with Gasteiger partial charge in [-0.3, -0.25) is 9.59 Å². The van der Waals surface area contributed by atoms with E-state index in [1.54, 1.807) is 6.07 Å². The van der Waals surface area contributed by atoms with Crippen LogP contribution in [0.2, 0.25) is 0 Å². The topological polar surface area (TPSA) is 48.3 Å². The Morgan fingerprint density at radius 2 is 1.71 bits per heavy atom. The fourth-order valence-corrected chi connectivity index (χ4v) is 3.56. The first-order valence-electron chi connectivity index (χ1n) is 7.48. The maximum absolute atomic E-state index is 12.4. The highest BCUT2D eigenvalue weighted by Gasteiger charge is 2.14. The molecule has 4 nitrogen and oxygen atoms in total. The van der Waals surface area contributed by atoms with Gasteiger partial charge in [0.05, 0.1) is 10.2 Å². The van der Waals surface area contributed by atoms with E-state index in [2.05, 4.69) is 0 Å². The summed E-state index contributed by atoms with van der Waals surface area (Å²) in [5.41, 5.74) is 0.625. The van der Waals surface area contributed by atoms with Crippen molar-refractivity contribution in [2.45, 2.75) is 0 Å². The van der Waals surface area contributed by atoms with Gasteiger partial charge in [-0.25, -0.2) is 4.57 Å². The number of benzene rings is 3. The lowest BCUT2D eigenvalue weighted by atomic mass is 10.1. The van der Waals surface area contributed by atoms with Gasteiger partial charge in [0.2, 0.25) is 0 Å². The summed E-state index contributed by atoms with van der Waals surface area (Å²) in [7, 11) is 0. The second-order valence-electron chi connectivity index (χ2n) is 5.36. The molecule has 24 heavy (non-hydrogen) atoms. The molecule has 0 fully saturated rings. The summed E-state index contributed by atoms with van der Waals surface area (Å²) in [6, 6.07) is 20.8. The molecular formula is C19H13NO3S. The van der Waals surface area contributed by atoms with E-state index in [-0.39, 0.29) is 17.4 Å². The lowest BCUT2D eigenvalue weighted by molar-refractivity contribution is 0.0840. The van der Waals surface area contributed by atoms with Crippen molar-refractivity contribution in [3.05, 3.63) is 76.4 Å². The van der Waals surface area contributed by atoms with Crippen molar-refractivity contribution < 1.29 is 9.53 Å². The molecule has 0 N–H and O–H groups in total. The summed E-state index contributed by atoms with van der Waals surface area (Å²) in [5.74, 6) is 0.236. The molecule has 0 bridgehead atoms. The van der Waals surface area contributed by atoms with E-state index in [9.17, 15) is 9.59 Å². The van der Waals surface area contributed by atoms with Crippen LogP contribution in [0.1, 0.15) is 4.79 Å². The summed E-state index contributed by atoms with van der Waals surface area (Å²) in [6.45, 7) is -0.182. The van der Waals surface area contributed by atoms with Crippen LogP contribution in [0.3, 0.4) is 0 Å². The number of fused-ring (bicyclic) bond motifs is 2. The highest BCUT2D eigenvalue weighted by molar-refractivity contribution is 7.16. The van der Waals surface area contributed by atoms with Crippen LogP contribution >= 0.6 is 11.3 Å². The van der Waals surface area contributed by atoms with Crippen molar-refractivity contribution in [2.24, 2.45) is 0 Å². The molecule has 1 aromatic heterocycles. The van der Waals surface area contributed by atoms with E-state index in [1.807, 2.05) is 60.7 Å². The van der Waals surface area contributed by atoms with E-state index < -0.39 is 0 Å². The second kappa shape index (κ2) is 5.94. The van der Waals surface area contributed by atoms with Gasteiger partial charge < -0.3 is 4.74 Å². The molecule has 4 rings (SSSR count). The number of para-hydroxylation sites is 1. The first-order valence-corrected chi connectivity index (χ1v) is 8.29. The summed E-state index contributed by atoms with van der Waals surface area (Å²) in [4.78, 5) is 24.2. The number of carbonyl (C=O) groups excluding carboxylic acids is 1. The molecule has 0 aliphatic carbocycles. The van der Waals surface area contributed by atoms with Gasteiger partial charge in [-0.15, -0.1) is 0 Å². The number of hydrogen-bond acceptors (Lipinski definition) is 4. The fraction of sp³-hybridized carbons (Fsp3) is 0.0526. The van der Waals surface area contributed by atoms with Crippen molar-refractivity contribution in [3.63, 3.8) is 0 Å². The number of aromatic nitrogens is 1. The monoisotopic (exact) mass is 335 g/mol. The number of rotatable bonds is 3. The van der Waals surface area contributed by atoms with E-state index in [1.165, 1.54) is 4.57 Å². The van der Waals surface area contributed by atoms with E-state index >= 15 is 0 Å². The van der Waals surface area contributed by atoms with Crippen molar-refractivity contribution in [3.8, 4) is 5.75 Å². The molecule has 3 aromatic carbocycles. The Kier molecular flexibility index (Phi) is 3.63. The molecule has 0 saturated heterocycles. The van der Waals surface area contributed by atoms with Crippen LogP contribution in [-0.4, -0.2) is 17.1 Å². The number of ether oxygens (including phenoxy) is 1. The molecule has 0 amide bonds. The van der Waals surface area contributed by atoms with E-state index in [4.69, 9.17) is 4.74 Å². The van der Waals surface area contributed by atoms with Gasteiger partial charge in [-0.2, -0.15) is 0 Å². The van der Waals surface area contributed by atoms with Gasteiger partial charge in [-0.1, -0.05) is 53.8 Å². The third-order valence-electron chi connectivity index (χ3n) is 3.82. The molecule has 5 heteroatoms. The van der Waals surface area contributed by atoms with Crippen LogP contribution in [0, 0.1) is 0 Å². The van der Waals surface area contributed by atoms with Gasteiger partial charge in [0.1, 0.15) is 5.75 Å². The molecule has 118 valence electrons. The lowest BCUT2D eigenvalue weighted by Crippen LogP contribution is -2.26. The Hall–Kier alpha value is -2.92. The van der Waals surface area contributed by atoms with Crippen LogP contribution in [-0.2, 0) is 0 Å². The third-order valence-corrected chi connectivity index (χ3v) is 4.74. The first kappa shape index (κ1) is 14.7. The summed E-state index contributed by atoms with van der Waals surface area (Å²) in [5, 5.41) is 2.15. The Bertz CT molecular complexity index is 1110. The number of thiazole rings is 1. The normalized spacial score (nSPS) is 11.0. The molecular weight excluding hydrogens is 322 g/mol. The molecule has 0 spiro atoms. The summed E-state index contributed by atoms with van der Waals surface area (Å²) < 4.78 is 7.57. The van der Waals surface area contributed by atoms with Gasteiger partial charge >= 0.3 is 4.87 Å². The highest BCUT2D eigenvalue weighted by Crippen LogP contribution is 2.21. The molecule has 0 radical (unpaired) electrons. The smallest absolute Gasteiger partial charge is 0.315 e. The van der Waals surface area contributed by atoms with Crippen LogP contribution in [0.15, 0.2) is 71.5 Å². The average Bonchev–Trinajstić information content (AvgIpc) is 2.95. The zero-order chi connectivity index (χ0) is 16.5. The quantitative estimate of drug-likeness (QED) is 0.570. The number of carbonyl (C=O) groups is 1. The van der Waals surface area contributed by atoms with Crippen LogP contribution in [0.4, 0.5) is 0 Å². The molecule has 0 unspecified atom stereocenters. The first-order chi connectivity index (χ1) is 11.7. The van der Waals surface area contributed by atoms with Gasteiger partial charge in [-0.05, 0) is 35.0 Å². The Labute approximate surface area is 141 Å². The van der Waals surface area contributed by atoms with Crippen molar-refractivity contribution >= 4 is 38.2 Å². The molecule has 4 aromatic rings. The SMILES string of the molecule is O=C(COc1ccc2ccccc2c1)n1c(=O)sc2ccccc21. The van der Waals surface area contributed by atoms with E-state index in [0.717, 1.165) is 26.8 Å². The number of nitrogens with zero attached hydrogens (tertiary/aromatic N) is 1. The maximum atomic E-state index is 12.4. The zero-order valence-corrected chi connectivity index (χ0v) is 13.5. The average molecular weight is 335 g/mol. The van der Waals surface area contributed by atoms with E-state index in [0.29, 0.717) is 11.3 Å². The minimum atomic E-state index is -0.370. The second-order valence-corrected chi connectivity index (χ2v) is 6.36. The summed E-state index contributed by atoms with van der Waals surface area (Å²) in [6.07, 6.45) is 0. The predicted molar refractivity (Wildman–Crippen MR) is 96.2 cm³/mol. The molecule has 0 atom stereocenters. The van der Waals surface area contributed by atoms with Crippen LogP contribution in [0.5, 0.6) is 5.75 Å². The minimum absolute atomic E-state index is 0.182. The predicted octanol–water partition coefficient (Wildman–Crippen LogP) is 3.94. The standard InChI is InChI=1S/C19H13NO3S/c21-18(20-16-7-3-4-8-17(16)24-19(20)22)12-23-15-10-9-13-5-1-2-6-14(13)11-15/h1-11H,12H2. The van der Waals surface area contributed by atoms with Gasteiger partial charge in [0.25, 0.3) is 5.91 Å². The Morgan fingerprint density at radius 1 is 0.958 bits per heavy atom. The zero-order valence-electron chi connectivity index (χ0n) is 12.6. The van der Waals surface area contributed by atoms with Crippen molar-refractivity contribution in [1.82, 2.24) is 4.57 Å². The Balaban J connectivity index is 1.59.